The van der Waals surface area contributed by atoms with Crippen molar-refractivity contribution in [1.82, 2.24) is 15.2 Å². The van der Waals surface area contributed by atoms with Crippen molar-refractivity contribution >= 4 is 27.3 Å². The Hall–Kier alpha value is -2.62. The van der Waals surface area contributed by atoms with Crippen LogP contribution in [0.5, 0.6) is 0 Å². The van der Waals surface area contributed by atoms with Crippen molar-refractivity contribution in [1.29, 1.82) is 0 Å². The van der Waals surface area contributed by atoms with Crippen LogP contribution >= 0.6 is 11.3 Å². The number of hydrazine groups is 1. The molecule has 27 heavy (non-hydrogen) atoms. The molecule has 1 heterocycles. The molecule has 3 aromatic rings. The van der Waals surface area contributed by atoms with Gasteiger partial charge in [0.15, 0.2) is 0 Å². The van der Waals surface area contributed by atoms with Gasteiger partial charge in [0, 0.05) is 10.9 Å². The Bertz CT molecular complexity index is 1060. The highest BCUT2D eigenvalue weighted by Crippen LogP contribution is 2.24. The number of carbonyl (C=O) groups excluding carboxylic acids is 1. The number of amides is 1. The molecule has 0 bridgehead atoms. The zero-order chi connectivity index (χ0) is 19.4. The van der Waals surface area contributed by atoms with Crippen molar-refractivity contribution in [2.45, 2.75) is 18.2 Å². The van der Waals surface area contributed by atoms with E-state index >= 15 is 0 Å². The lowest BCUT2D eigenvalue weighted by molar-refractivity contribution is 0.0941. The Morgan fingerprint density at radius 1 is 1.15 bits per heavy atom. The highest BCUT2D eigenvalue weighted by atomic mass is 32.2. The van der Waals surface area contributed by atoms with E-state index in [2.05, 4.69) is 11.9 Å². The van der Waals surface area contributed by atoms with Gasteiger partial charge in [-0.1, -0.05) is 43.3 Å². The zero-order valence-electron chi connectivity index (χ0n) is 14.3. The molecular weight excluding hydrogens is 389 g/mol. The number of thiazole rings is 1. The molecule has 1 aromatic heterocycles. The van der Waals surface area contributed by atoms with E-state index in [1.807, 2.05) is 34.5 Å². The molecule has 0 spiro atoms. The monoisotopic (exact) mass is 405 g/mol. The Labute approximate surface area is 160 Å². The molecular formula is C18H16FN3O3S2. The van der Waals surface area contributed by atoms with Crippen molar-refractivity contribution in [3.8, 4) is 10.6 Å². The van der Waals surface area contributed by atoms with Crippen LogP contribution in [-0.4, -0.2) is 19.3 Å². The second-order valence-corrected chi connectivity index (χ2v) is 8.09. The molecule has 1 amide bonds. The second kappa shape index (κ2) is 7.95. The van der Waals surface area contributed by atoms with Crippen molar-refractivity contribution in [3.63, 3.8) is 0 Å². The number of benzene rings is 2. The van der Waals surface area contributed by atoms with E-state index in [9.17, 15) is 17.6 Å². The highest BCUT2D eigenvalue weighted by molar-refractivity contribution is 7.89. The van der Waals surface area contributed by atoms with Gasteiger partial charge < -0.3 is 0 Å². The van der Waals surface area contributed by atoms with Crippen LogP contribution in [0.3, 0.4) is 0 Å². The first-order valence-corrected chi connectivity index (χ1v) is 10.4. The molecule has 0 aliphatic carbocycles. The lowest BCUT2D eigenvalue weighted by Gasteiger charge is -2.08. The number of hydrogen-bond acceptors (Lipinski definition) is 5. The zero-order valence-corrected chi connectivity index (χ0v) is 15.9. The fourth-order valence-corrected chi connectivity index (χ4v) is 4.01. The molecule has 0 atom stereocenters. The van der Waals surface area contributed by atoms with Gasteiger partial charge >= 0.3 is 0 Å². The fraction of sp³-hybridized carbons (Fsp3) is 0.111. The number of aryl methyl sites for hydroxylation is 1. The molecule has 0 saturated carbocycles. The predicted molar refractivity (Wildman–Crippen MR) is 101 cm³/mol. The highest BCUT2D eigenvalue weighted by Gasteiger charge is 2.20. The number of rotatable bonds is 6. The smallest absolute Gasteiger partial charge is 0.272 e. The van der Waals surface area contributed by atoms with Crippen molar-refractivity contribution in [2.75, 3.05) is 0 Å². The van der Waals surface area contributed by atoms with Crippen LogP contribution in [0, 0.1) is 5.82 Å². The lowest BCUT2D eigenvalue weighted by Crippen LogP contribution is -2.41. The summed E-state index contributed by atoms with van der Waals surface area (Å²) in [6.07, 6.45) is 0.925. The first-order valence-electron chi connectivity index (χ1n) is 8.02. The van der Waals surface area contributed by atoms with Crippen molar-refractivity contribution in [2.24, 2.45) is 0 Å². The third-order valence-electron chi connectivity index (χ3n) is 3.77. The van der Waals surface area contributed by atoms with Crippen LogP contribution in [-0.2, 0) is 16.4 Å². The Kier molecular flexibility index (Phi) is 5.64. The van der Waals surface area contributed by atoms with Crippen LogP contribution in [0.2, 0.25) is 0 Å². The topological polar surface area (TPSA) is 88.2 Å². The summed E-state index contributed by atoms with van der Waals surface area (Å²) < 4.78 is 37.8. The number of nitrogens with zero attached hydrogens (tertiary/aromatic N) is 1. The summed E-state index contributed by atoms with van der Waals surface area (Å²) >= 11 is 1.27. The first-order chi connectivity index (χ1) is 12.9. The van der Waals surface area contributed by atoms with Crippen LogP contribution in [0.25, 0.3) is 10.6 Å². The quantitative estimate of drug-likeness (QED) is 0.617. The van der Waals surface area contributed by atoms with Gasteiger partial charge in [0.2, 0.25) is 0 Å². The number of nitrogens with one attached hydrogen (secondary N) is 2. The molecule has 9 heteroatoms. The van der Waals surface area contributed by atoms with Gasteiger partial charge in [-0.2, -0.15) is 0 Å². The van der Waals surface area contributed by atoms with Gasteiger partial charge in [0.1, 0.15) is 21.4 Å². The number of carbonyl (C=O) groups is 1. The maximum atomic E-state index is 13.6. The Morgan fingerprint density at radius 3 is 2.52 bits per heavy atom. The summed E-state index contributed by atoms with van der Waals surface area (Å²) in [4.78, 5) is 17.7. The summed E-state index contributed by atoms with van der Waals surface area (Å²) in [6, 6.07) is 12.7. The van der Waals surface area contributed by atoms with Gasteiger partial charge in [-0.15, -0.1) is 16.2 Å². The van der Waals surface area contributed by atoms with E-state index in [0.717, 1.165) is 24.1 Å². The SMILES string of the molecule is CCc1ccc(-c2nc(C(=O)NNS(=O)(=O)c3ccccc3F)cs2)cc1. The lowest BCUT2D eigenvalue weighted by atomic mass is 10.1. The summed E-state index contributed by atoms with van der Waals surface area (Å²) in [5, 5.41) is 2.16. The summed E-state index contributed by atoms with van der Waals surface area (Å²) in [6.45, 7) is 2.06. The maximum Gasteiger partial charge on any atom is 0.285 e. The number of halogens is 1. The van der Waals surface area contributed by atoms with Crippen LogP contribution in [0.4, 0.5) is 4.39 Å². The van der Waals surface area contributed by atoms with Crippen molar-refractivity contribution in [3.05, 3.63) is 71.0 Å². The van der Waals surface area contributed by atoms with Crippen molar-refractivity contribution < 1.29 is 17.6 Å². The van der Waals surface area contributed by atoms with E-state index in [4.69, 9.17) is 0 Å². The molecule has 0 aliphatic heterocycles. The standard InChI is InChI=1S/C18H16FN3O3S2/c1-2-12-7-9-13(10-8-12)18-20-15(11-26-18)17(23)21-22-27(24,25)16-6-4-3-5-14(16)19/h3-11,22H,2H2,1H3,(H,21,23). The molecule has 0 radical (unpaired) electrons. The second-order valence-electron chi connectivity index (χ2n) is 5.58. The third-order valence-corrected chi connectivity index (χ3v) is 5.94. The van der Waals surface area contributed by atoms with E-state index < -0.39 is 26.6 Å². The maximum absolute atomic E-state index is 13.6. The minimum atomic E-state index is -4.23. The number of sulfonamides is 1. The normalized spacial score (nSPS) is 11.3. The van der Waals surface area contributed by atoms with E-state index in [1.165, 1.54) is 34.4 Å². The molecule has 2 N–H and O–H groups in total. The Morgan fingerprint density at radius 2 is 1.85 bits per heavy atom. The third kappa shape index (κ3) is 4.38. The van der Waals surface area contributed by atoms with Gasteiger partial charge in [-0.05, 0) is 24.1 Å². The average molecular weight is 405 g/mol. The van der Waals surface area contributed by atoms with Crippen LogP contribution < -0.4 is 10.3 Å². The fourth-order valence-electron chi connectivity index (χ4n) is 2.29. The minimum absolute atomic E-state index is 0.0609. The van der Waals surface area contributed by atoms with Gasteiger partial charge in [0.25, 0.3) is 15.9 Å². The van der Waals surface area contributed by atoms with Gasteiger partial charge in [-0.3, -0.25) is 10.2 Å². The minimum Gasteiger partial charge on any atom is -0.272 e. The first kappa shape index (κ1) is 19.2. The number of hydrogen-bond donors (Lipinski definition) is 2. The molecule has 2 aromatic carbocycles. The summed E-state index contributed by atoms with van der Waals surface area (Å²) in [5.74, 6) is -1.65. The predicted octanol–water partition coefficient (Wildman–Crippen LogP) is 3.13. The molecule has 0 aliphatic rings. The molecule has 140 valence electrons. The Balaban J connectivity index is 1.70. The van der Waals surface area contributed by atoms with Crippen LogP contribution in [0.15, 0.2) is 58.8 Å². The summed E-state index contributed by atoms with van der Waals surface area (Å²) in [5.41, 5.74) is 4.16. The van der Waals surface area contributed by atoms with E-state index in [1.54, 1.807) is 0 Å². The van der Waals surface area contributed by atoms with E-state index in [-0.39, 0.29) is 5.69 Å². The molecule has 6 nitrogen and oxygen atoms in total. The molecule has 3 rings (SSSR count). The molecule has 0 fully saturated rings. The largest absolute Gasteiger partial charge is 0.285 e. The average Bonchev–Trinajstić information content (AvgIpc) is 3.17. The van der Waals surface area contributed by atoms with Gasteiger partial charge in [-0.25, -0.2) is 17.8 Å². The van der Waals surface area contributed by atoms with Gasteiger partial charge in [0.05, 0.1) is 0 Å². The summed E-state index contributed by atoms with van der Waals surface area (Å²) in [7, 11) is -4.23. The molecule has 0 unspecified atom stereocenters. The van der Waals surface area contributed by atoms with E-state index in [0.29, 0.717) is 5.01 Å². The molecule has 0 saturated heterocycles. The number of aromatic nitrogens is 1. The van der Waals surface area contributed by atoms with Crippen LogP contribution in [0.1, 0.15) is 23.0 Å².